The number of nitrogens with zero attached hydrogens (tertiary/aromatic N) is 1. The van der Waals surface area contributed by atoms with Gasteiger partial charge in [-0.25, -0.2) is 0 Å². The Balaban J connectivity index is 1.97. The maximum absolute atomic E-state index is 12.9. The summed E-state index contributed by atoms with van der Waals surface area (Å²) < 4.78 is 32.5. The molecule has 3 aromatic carbocycles. The number of halogens is 2. The van der Waals surface area contributed by atoms with E-state index in [1.807, 2.05) is 16.7 Å². The van der Waals surface area contributed by atoms with Crippen molar-refractivity contribution in [1.82, 2.24) is 4.57 Å². The van der Waals surface area contributed by atoms with Gasteiger partial charge in [-0.1, -0.05) is 43.7 Å². The summed E-state index contributed by atoms with van der Waals surface area (Å²) in [6.07, 6.45) is 1.87. The molecule has 0 aliphatic heterocycles. The number of hydrogen-bond donors (Lipinski definition) is 1. The van der Waals surface area contributed by atoms with Crippen molar-refractivity contribution < 1.29 is 18.3 Å². The number of amides is 1. The van der Waals surface area contributed by atoms with Gasteiger partial charge in [0.2, 0.25) is 5.91 Å². The van der Waals surface area contributed by atoms with Crippen molar-refractivity contribution in [2.45, 2.75) is 32.9 Å². The number of fused-ring (bicyclic) bond motifs is 3. The highest BCUT2D eigenvalue weighted by Crippen LogP contribution is 2.34. The molecule has 4 rings (SSSR count). The lowest BCUT2D eigenvalue weighted by atomic mass is 10.0. The van der Waals surface area contributed by atoms with Crippen LogP contribution in [0.5, 0.6) is 5.75 Å². The van der Waals surface area contributed by atoms with E-state index in [9.17, 15) is 13.6 Å². The lowest BCUT2D eigenvalue weighted by Crippen LogP contribution is -2.11. The van der Waals surface area contributed by atoms with E-state index >= 15 is 0 Å². The van der Waals surface area contributed by atoms with Crippen molar-refractivity contribution >= 4 is 27.7 Å². The average molecular weight is 407 g/mol. The van der Waals surface area contributed by atoms with E-state index in [0.29, 0.717) is 17.7 Å². The first-order valence-corrected chi connectivity index (χ1v) is 9.77. The Morgan fingerprint density at radius 1 is 1.17 bits per heavy atom. The van der Waals surface area contributed by atoms with Crippen LogP contribution in [0.25, 0.3) is 21.8 Å². The fourth-order valence-electron chi connectivity index (χ4n) is 3.92. The number of alkyl halides is 2. The molecule has 0 saturated carbocycles. The van der Waals surface area contributed by atoms with Crippen molar-refractivity contribution in [3.8, 4) is 5.75 Å². The number of ether oxygens (including phenoxy) is 1. The topological polar surface area (TPSA) is 57.2 Å². The van der Waals surface area contributed by atoms with Crippen LogP contribution in [0.1, 0.15) is 34.8 Å². The van der Waals surface area contributed by atoms with E-state index in [1.165, 1.54) is 6.07 Å². The van der Waals surface area contributed by atoms with Crippen molar-refractivity contribution in [2.75, 3.05) is 0 Å². The van der Waals surface area contributed by atoms with Gasteiger partial charge in [0.25, 0.3) is 0 Å². The Kier molecular flexibility index (Phi) is 5.40. The van der Waals surface area contributed by atoms with Gasteiger partial charge in [0.05, 0.1) is 17.6 Å². The van der Waals surface area contributed by atoms with Crippen molar-refractivity contribution in [1.29, 1.82) is 0 Å². The molecular formula is C24H21F2N2O2. The van der Waals surface area contributed by atoms with Crippen LogP contribution in [-0.2, 0) is 13.0 Å². The molecule has 0 atom stereocenters. The SMILES string of the molecule is CCCc1c[c]c2c3c(C(N)=O)cccc3n(Cc3ccccc3OC(F)F)c2c1. The molecule has 1 radical (unpaired) electrons. The monoisotopic (exact) mass is 407 g/mol. The molecule has 0 saturated heterocycles. The van der Waals surface area contributed by atoms with Crippen LogP contribution in [0.3, 0.4) is 0 Å². The summed E-state index contributed by atoms with van der Waals surface area (Å²) in [5.74, 6) is -0.394. The minimum Gasteiger partial charge on any atom is -0.434 e. The zero-order valence-electron chi connectivity index (χ0n) is 16.5. The molecule has 0 unspecified atom stereocenters. The summed E-state index contributed by atoms with van der Waals surface area (Å²) in [5, 5.41) is 1.50. The van der Waals surface area contributed by atoms with Crippen molar-refractivity contribution in [2.24, 2.45) is 5.73 Å². The molecule has 4 aromatic rings. The third-order valence-electron chi connectivity index (χ3n) is 5.18. The first kappa shape index (κ1) is 19.9. The quantitative estimate of drug-likeness (QED) is 0.452. The number of aryl methyl sites for hydroxylation is 1. The van der Waals surface area contributed by atoms with Gasteiger partial charge in [-0.15, -0.1) is 0 Å². The Morgan fingerprint density at radius 2 is 1.97 bits per heavy atom. The summed E-state index contributed by atoms with van der Waals surface area (Å²) in [6.45, 7) is -0.507. The fraction of sp³-hybridized carbons (Fsp3) is 0.208. The molecule has 153 valence electrons. The lowest BCUT2D eigenvalue weighted by molar-refractivity contribution is -0.0504. The fourth-order valence-corrected chi connectivity index (χ4v) is 3.92. The number of carbonyl (C=O) groups excluding carboxylic acids is 1. The van der Waals surface area contributed by atoms with E-state index in [1.54, 1.807) is 30.3 Å². The van der Waals surface area contributed by atoms with Gasteiger partial charge < -0.3 is 15.0 Å². The largest absolute Gasteiger partial charge is 0.434 e. The Morgan fingerprint density at radius 3 is 2.70 bits per heavy atom. The second-order valence-electron chi connectivity index (χ2n) is 7.15. The molecule has 1 aromatic heterocycles. The van der Waals surface area contributed by atoms with E-state index in [2.05, 4.69) is 19.1 Å². The molecule has 1 heterocycles. The number of aromatic nitrogens is 1. The van der Waals surface area contributed by atoms with Crippen LogP contribution in [0.4, 0.5) is 8.78 Å². The van der Waals surface area contributed by atoms with Gasteiger partial charge in [-0.05, 0) is 42.3 Å². The van der Waals surface area contributed by atoms with Gasteiger partial charge in [-0.2, -0.15) is 8.78 Å². The second kappa shape index (κ2) is 8.14. The molecule has 4 nitrogen and oxygen atoms in total. The van der Waals surface area contributed by atoms with Crippen molar-refractivity contribution in [3.05, 3.63) is 77.4 Å². The minimum atomic E-state index is -2.91. The number of rotatable bonds is 7. The molecule has 0 aliphatic rings. The van der Waals surface area contributed by atoms with Gasteiger partial charge in [0, 0.05) is 21.9 Å². The maximum atomic E-state index is 12.9. The Labute approximate surface area is 172 Å². The highest BCUT2D eigenvalue weighted by Gasteiger charge is 2.18. The predicted octanol–water partition coefficient (Wildman–Crippen LogP) is 5.30. The zero-order valence-corrected chi connectivity index (χ0v) is 16.5. The molecule has 6 heteroatoms. The van der Waals surface area contributed by atoms with Crippen LogP contribution in [0.15, 0.2) is 54.6 Å². The van der Waals surface area contributed by atoms with Crippen LogP contribution in [0.2, 0.25) is 0 Å². The van der Waals surface area contributed by atoms with Crippen LogP contribution in [-0.4, -0.2) is 17.1 Å². The molecular weight excluding hydrogens is 386 g/mol. The number of para-hydroxylation sites is 1. The smallest absolute Gasteiger partial charge is 0.387 e. The number of carbonyl (C=O) groups is 1. The zero-order chi connectivity index (χ0) is 21.3. The van der Waals surface area contributed by atoms with Gasteiger partial charge >= 0.3 is 6.61 Å². The van der Waals surface area contributed by atoms with E-state index < -0.39 is 12.5 Å². The number of benzene rings is 3. The molecule has 0 bridgehead atoms. The summed E-state index contributed by atoms with van der Waals surface area (Å²) in [5.41, 5.74) is 9.43. The van der Waals surface area contributed by atoms with Crippen LogP contribution in [0, 0.1) is 6.07 Å². The normalized spacial score (nSPS) is 11.5. The first-order chi connectivity index (χ1) is 14.5. The highest BCUT2D eigenvalue weighted by molar-refractivity contribution is 6.17. The third-order valence-corrected chi connectivity index (χ3v) is 5.18. The van der Waals surface area contributed by atoms with Crippen LogP contribution >= 0.6 is 0 Å². The molecule has 1 amide bonds. The van der Waals surface area contributed by atoms with E-state index in [0.717, 1.165) is 40.2 Å². The third kappa shape index (κ3) is 3.61. The van der Waals surface area contributed by atoms with Gasteiger partial charge in [0.1, 0.15) is 5.75 Å². The standard InChI is InChI=1S/C24H21F2N2O2/c1-2-6-15-11-12-17-20(13-15)28(19-9-5-8-18(22(17)19)23(27)29)14-16-7-3-4-10-21(16)30-24(25)26/h3-5,7-11,13,24H,2,6,14H2,1H3,(H2,27,29). The lowest BCUT2D eigenvalue weighted by Gasteiger charge is -2.13. The summed E-state index contributed by atoms with van der Waals surface area (Å²) in [6, 6.07) is 19.4. The minimum absolute atomic E-state index is 0.127. The van der Waals surface area contributed by atoms with Gasteiger partial charge in [0.15, 0.2) is 0 Å². The summed E-state index contributed by atoms with van der Waals surface area (Å²) in [7, 11) is 0. The van der Waals surface area contributed by atoms with E-state index in [4.69, 9.17) is 10.5 Å². The summed E-state index contributed by atoms with van der Waals surface area (Å²) in [4.78, 5) is 12.1. The highest BCUT2D eigenvalue weighted by atomic mass is 19.3. The number of hydrogen-bond acceptors (Lipinski definition) is 2. The molecule has 0 aliphatic carbocycles. The predicted molar refractivity (Wildman–Crippen MR) is 113 cm³/mol. The molecule has 2 N–H and O–H groups in total. The summed E-state index contributed by atoms with van der Waals surface area (Å²) >= 11 is 0. The molecule has 0 spiro atoms. The van der Waals surface area contributed by atoms with Crippen molar-refractivity contribution in [3.63, 3.8) is 0 Å². The molecule has 30 heavy (non-hydrogen) atoms. The number of primary amides is 1. The van der Waals surface area contributed by atoms with Gasteiger partial charge in [-0.3, -0.25) is 4.79 Å². The second-order valence-corrected chi connectivity index (χ2v) is 7.15. The average Bonchev–Trinajstić information content (AvgIpc) is 3.02. The maximum Gasteiger partial charge on any atom is 0.387 e. The van der Waals surface area contributed by atoms with E-state index in [-0.39, 0.29) is 5.75 Å². The Hall–Kier alpha value is -3.41. The van der Waals surface area contributed by atoms with Crippen LogP contribution < -0.4 is 10.5 Å². The molecule has 0 fully saturated rings. The number of nitrogens with two attached hydrogens (primary N) is 1. The Bertz CT molecular complexity index is 1230. The first-order valence-electron chi connectivity index (χ1n) is 9.77.